The molecule has 0 spiro atoms. The van der Waals surface area contributed by atoms with E-state index in [0.717, 1.165) is 30.6 Å². The number of aryl methyl sites for hydroxylation is 2. The molecular formula is C15H19F3N4O. The van der Waals surface area contributed by atoms with E-state index < -0.39 is 11.9 Å². The van der Waals surface area contributed by atoms with Gasteiger partial charge in [-0.2, -0.15) is 13.2 Å². The SMILES string of the molecule is Cc1cc(CN(C)C[C@@H]2CCc3nc(C(F)(F)F)cn3C2)no1. The fourth-order valence-electron chi connectivity index (χ4n) is 3.07. The highest BCUT2D eigenvalue weighted by molar-refractivity contribution is 5.10. The highest BCUT2D eigenvalue weighted by Crippen LogP contribution is 2.30. The minimum Gasteiger partial charge on any atom is -0.361 e. The van der Waals surface area contributed by atoms with Crippen LogP contribution in [0.3, 0.4) is 0 Å². The molecule has 3 heterocycles. The second-order valence-electron chi connectivity index (χ2n) is 6.22. The van der Waals surface area contributed by atoms with Crippen LogP contribution in [-0.2, 0) is 25.7 Å². The minimum absolute atomic E-state index is 0.302. The van der Waals surface area contributed by atoms with E-state index in [1.165, 1.54) is 0 Å². The second-order valence-corrected chi connectivity index (χ2v) is 6.22. The van der Waals surface area contributed by atoms with Gasteiger partial charge >= 0.3 is 6.18 Å². The van der Waals surface area contributed by atoms with Crippen LogP contribution < -0.4 is 0 Å². The molecular weight excluding hydrogens is 309 g/mol. The molecule has 5 nitrogen and oxygen atoms in total. The maximum Gasteiger partial charge on any atom is 0.434 e. The van der Waals surface area contributed by atoms with Crippen LogP contribution in [0.4, 0.5) is 13.2 Å². The molecule has 0 N–H and O–H groups in total. The van der Waals surface area contributed by atoms with E-state index >= 15 is 0 Å². The number of hydrogen-bond acceptors (Lipinski definition) is 4. The number of aromatic nitrogens is 3. The largest absolute Gasteiger partial charge is 0.434 e. The summed E-state index contributed by atoms with van der Waals surface area (Å²) in [4.78, 5) is 5.83. The normalized spacial score (nSPS) is 18.4. The Balaban J connectivity index is 1.59. The summed E-state index contributed by atoms with van der Waals surface area (Å²) in [6.45, 7) is 3.88. The Kier molecular flexibility index (Phi) is 4.18. The zero-order valence-electron chi connectivity index (χ0n) is 13.1. The average molecular weight is 328 g/mol. The summed E-state index contributed by atoms with van der Waals surface area (Å²) < 4.78 is 44.9. The first kappa shape index (κ1) is 16.0. The van der Waals surface area contributed by atoms with Gasteiger partial charge in [0.2, 0.25) is 0 Å². The third-order valence-electron chi connectivity index (χ3n) is 4.06. The third kappa shape index (κ3) is 3.74. The summed E-state index contributed by atoms with van der Waals surface area (Å²) in [5.41, 5.74) is 0.0723. The van der Waals surface area contributed by atoms with E-state index in [4.69, 9.17) is 4.52 Å². The lowest BCUT2D eigenvalue weighted by Crippen LogP contribution is -2.31. The van der Waals surface area contributed by atoms with Crippen molar-refractivity contribution in [3.8, 4) is 0 Å². The first-order chi connectivity index (χ1) is 10.8. The molecule has 0 saturated carbocycles. The molecule has 0 aromatic carbocycles. The monoisotopic (exact) mass is 328 g/mol. The van der Waals surface area contributed by atoms with Crippen LogP contribution in [0.1, 0.15) is 29.4 Å². The molecule has 2 aromatic heterocycles. The van der Waals surface area contributed by atoms with Crippen LogP contribution in [0.2, 0.25) is 0 Å². The number of rotatable bonds is 4. The van der Waals surface area contributed by atoms with Crippen molar-refractivity contribution in [2.45, 2.75) is 39.0 Å². The molecule has 2 aromatic rings. The van der Waals surface area contributed by atoms with E-state index in [2.05, 4.69) is 15.0 Å². The van der Waals surface area contributed by atoms with Crippen molar-refractivity contribution in [3.63, 3.8) is 0 Å². The highest BCUT2D eigenvalue weighted by atomic mass is 19.4. The molecule has 1 atom stereocenters. The predicted molar refractivity (Wildman–Crippen MR) is 76.6 cm³/mol. The van der Waals surface area contributed by atoms with Crippen molar-refractivity contribution in [1.29, 1.82) is 0 Å². The molecule has 0 saturated heterocycles. The summed E-state index contributed by atoms with van der Waals surface area (Å²) in [6.07, 6.45) is -1.82. The Morgan fingerprint density at radius 2 is 2.22 bits per heavy atom. The fourth-order valence-corrected chi connectivity index (χ4v) is 3.07. The van der Waals surface area contributed by atoms with Crippen LogP contribution in [-0.4, -0.2) is 33.2 Å². The van der Waals surface area contributed by atoms with Gasteiger partial charge < -0.3 is 14.0 Å². The molecule has 1 aliphatic rings. The van der Waals surface area contributed by atoms with E-state index in [1.807, 2.05) is 20.0 Å². The molecule has 0 unspecified atom stereocenters. The smallest absolute Gasteiger partial charge is 0.361 e. The van der Waals surface area contributed by atoms with Crippen molar-refractivity contribution in [3.05, 3.63) is 35.2 Å². The van der Waals surface area contributed by atoms with Gasteiger partial charge in [0.1, 0.15) is 11.6 Å². The quantitative estimate of drug-likeness (QED) is 0.866. The fraction of sp³-hybridized carbons (Fsp3) is 0.600. The van der Waals surface area contributed by atoms with Crippen LogP contribution in [0, 0.1) is 12.8 Å². The molecule has 0 amide bonds. The lowest BCUT2D eigenvalue weighted by Gasteiger charge is -2.27. The van der Waals surface area contributed by atoms with Crippen molar-refractivity contribution < 1.29 is 17.7 Å². The topological polar surface area (TPSA) is 47.1 Å². The number of fused-ring (bicyclic) bond motifs is 1. The number of alkyl halides is 3. The molecule has 8 heteroatoms. The standard InChI is InChI=1S/C15H19F3N4O/c1-10-5-12(20-23-10)8-21(2)6-11-3-4-14-19-13(15(16,17)18)9-22(14)7-11/h5,9,11H,3-4,6-8H2,1-2H3/t11-/m0/s1. The second kappa shape index (κ2) is 5.99. The van der Waals surface area contributed by atoms with Crippen molar-refractivity contribution in [2.75, 3.05) is 13.6 Å². The predicted octanol–water partition coefficient (Wildman–Crippen LogP) is 2.89. The van der Waals surface area contributed by atoms with Gasteiger partial charge in [0.25, 0.3) is 0 Å². The molecule has 3 rings (SSSR count). The van der Waals surface area contributed by atoms with Gasteiger partial charge in [0, 0.05) is 38.3 Å². The van der Waals surface area contributed by atoms with Gasteiger partial charge in [-0.05, 0) is 26.3 Å². The van der Waals surface area contributed by atoms with Crippen LogP contribution in [0.5, 0.6) is 0 Å². The number of hydrogen-bond donors (Lipinski definition) is 0. The van der Waals surface area contributed by atoms with Gasteiger partial charge in [-0.1, -0.05) is 5.16 Å². The Morgan fingerprint density at radius 1 is 1.43 bits per heavy atom. The summed E-state index contributed by atoms with van der Waals surface area (Å²) in [6, 6.07) is 1.89. The van der Waals surface area contributed by atoms with Gasteiger partial charge in [-0.3, -0.25) is 0 Å². The Labute approximate surface area is 132 Å². The summed E-state index contributed by atoms with van der Waals surface area (Å²) >= 11 is 0. The lowest BCUT2D eigenvalue weighted by atomic mass is 9.99. The van der Waals surface area contributed by atoms with Crippen LogP contribution >= 0.6 is 0 Å². The Morgan fingerprint density at radius 3 is 2.87 bits per heavy atom. The Bertz CT molecular complexity index is 677. The summed E-state index contributed by atoms with van der Waals surface area (Å²) in [7, 11) is 1.98. The zero-order valence-corrected chi connectivity index (χ0v) is 13.1. The lowest BCUT2D eigenvalue weighted by molar-refractivity contribution is -0.141. The van der Waals surface area contributed by atoms with Crippen molar-refractivity contribution in [1.82, 2.24) is 19.6 Å². The van der Waals surface area contributed by atoms with E-state index in [1.54, 1.807) is 4.57 Å². The Hall–Kier alpha value is -1.83. The van der Waals surface area contributed by atoms with E-state index in [0.29, 0.717) is 31.3 Å². The molecule has 0 bridgehead atoms. The van der Waals surface area contributed by atoms with Crippen LogP contribution in [0.15, 0.2) is 16.8 Å². The maximum atomic E-state index is 12.7. The van der Waals surface area contributed by atoms with Gasteiger partial charge in [0.05, 0.1) is 5.69 Å². The molecule has 1 aliphatic heterocycles. The number of halogens is 3. The summed E-state index contributed by atoms with van der Waals surface area (Å²) in [5, 5.41) is 3.96. The first-order valence-corrected chi connectivity index (χ1v) is 7.55. The third-order valence-corrected chi connectivity index (χ3v) is 4.06. The van der Waals surface area contributed by atoms with E-state index in [-0.39, 0.29) is 0 Å². The molecule has 0 aliphatic carbocycles. The minimum atomic E-state index is -4.37. The summed E-state index contributed by atoms with van der Waals surface area (Å²) in [5.74, 6) is 1.60. The van der Waals surface area contributed by atoms with Crippen molar-refractivity contribution >= 4 is 0 Å². The maximum absolute atomic E-state index is 12.7. The van der Waals surface area contributed by atoms with Crippen LogP contribution in [0.25, 0.3) is 0 Å². The van der Waals surface area contributed by atoms with Gasteiger partial charge in [0.15, 0.2) is 5.69 Å². The average Bonchev–Trinajstić information content (AvgIpc) is 3.04. The molecule has 23 heavy (non-hydrogen) atoms. The first-order valence-electron chi connectivity index (χ1n) is 7.55. The van der Waals surface area contributed by atoms with Gasteiger partial charge in [-0.15, -0.1) is 0 Å². The number of nitrogens with zero attached hydrogens (tertiary/aromatic N) is 4. The molecule has 0 radical (unpaired) electrons. The van der Waals surface area contributed by atoms with Gasteiger partial charge in [-0.25, -0.2) is 4.98 Å². The molecule has 0 fully saturated rings. The molecule has 126 valence electrons. The number of imidazole rings is 1. The van der Waals surface area contributed by atoms with Crippen molar-refractivity contribution in [2.24, 2.45) is 5.92 Å². The zero-order chi connectivity index (χ0) is 16.6. The van der Waals surface area contributed by atoms with E-state index in [9.17, 15) is 13.2 Å². The highest BCUT2D eigenvalue weighted by Gasteiger charge is 2.35.